The van der Waals surface area contributed by atoms with Crippen molar-refractivity contribution in [1.29, 1.82) is 0 Å². The molecule has 0 amide bonds. The SMILES string of the molecule is CC(C)(C)SCCNC1CCOCC1. The van der Waals surface area contributed by atoms with Gasteiger partial charge >= 0.3 is 0 Å². The van der Waals surface area contributed by atoms with Crippen LogP contribution >= 0.6 is 11.8 Å². The van der Waals surface area contributed by atoms with Crippen molar-refractivity contribution in [2.24, 2.45) is 0 Å². The van der Waals surface area contributed by atoms with Gasteiger partial charge in [-0.2, -0.15) is 11.8 Å². The molecule has 14 heavy (non-hydrogen) atoms. The van der Waals surface area contributed by atoms with Gasteiger partial charge in [0.05, 0.1) is 0 Å². The average molecular weight is 217 g/mol. The Morgan fingerprint density at radius 3 is 2.50 bits per heavy atom. The van der Waals surface area contributed by atoms with E-state index in [4.69, 9.17) is 4.74 Å². The summed E-state index contributed by atoms with van der Waals surface area (Å²) in [5.41, 5.74) is 0. The first kappa shape index (κ1) is 12.3. The van der Waals surface area contributed by atoms with E-state index in [1.165, 1.54) is 18.6 Å². The largest absolute Gasteiger partial charge is 0.381 e. The molecule has 1 aliphatic rings. The Kier molecular flexibility index (Phi) is 5.28. The molecule has 0 bridgehead atoms. The number of ether oxygens (including phenoxy) is 1. The molecule has 1 aliphatic heterocycles. The van der Waals surface area contributed by atoms with Crippen LogP contribution in [-0.2, 0) is 4.74 Å². The lowest BCUT2D eigenvalue weighted by Gasteiger charge is -2.24. The summed E-state index contributed by atoms with van der Waals surface area (Å²) in [6, 6.07) is 0.698. The fourth-order valence-corrected chi connectivity index (χ4v) is 2.35. The van der Waals surface area contributed by atoms with Gasteiger partial charge in [0.1, 0.15) is 0 Å². The van der Waals surface area contributed by atoms with Crippen molar-refractivity contribution in [1.82, 2.24) is 5.32 Å². The van der Waals surface area contributed by atoms with Crippen molar-refractivity contribution in [3.8, 4) is 0 Å². The van der Waals surface area contributed by atoms with Crippen LogP contribution in [0.1, 0.15) is 33.6 Å². The second-order valence-corrected chi connectivity index (χ2v) is 6.72. The molecule has 1 rings (SSSR count). The highest BCUT2D eigenvalue weighted by atomic mass is 32.2. The Balaban J connectivity index is 1.97. The molecular weight excluding hydrogens is 194 g/mol. The van der Waals surface area contributed by atoms with E-state index in [0.29, 0.717) is 10.8 Å². The summed E-state index contributed by atoms with van der Waals surface area (Å²) >= 11 is 2.03. The summed E-state index contributed by atoms with van der Waals surface area (Å²) in [5, 5.41) is 3.59. The van der Waals surface area contributed by atoms with Crippen LogP contribution in [0.5, 0.6) is 0 Å². The van der Waals surface area contributed by atoms with Gasteiger partial charge in [0, 0.05) is 36.3 Å². The van der Waals surface area contributed by atoms with Gasteiger partial charge in [0.15, 0.2) is 0 Å². The number of hydrogen-bond donors (Lipinski definition) is 1. The summed E-state index contributed by atoms with van der Waals surface area (Å²) in [6.07, 6.45) is 2.36. The number of rotatable bonds is 4. The minimum absolute atomic E-state index is 0.400. The topological polar surface area (TPSA) is 21.3 Å². The molecule has 0 aromatic heterocycles. The van der Waals surface area contributed by atoms with E-state index >= 15 is 0 Å². The molecule has 0 spiro atoms. The quantitative estimate of drug-likeness (QED) is 0.730. The molecule has 1 heterocycles. The first-order valence-electron chi connectivity index (χ1n) is 5.53. The molecule has 0 saturated carbocycles. The van der Waals surface area contributed by atoms with E-state index in [1.54, 1.807) is 0 Å². The smallest absolute Gasteiger partial charge is 0.0480 e. The third kappa shape index (κ3) is 5.89. The Bertz CT molecular complexity index is 150. The molecule has 0 atom stereocenters. The van der Waals surface area contributed by atoms with Crippen molar-refractivity contribution < 1.29 is 4.74 Å². The van der Waals surface area contributed by atoms with Gasteiger partial charge in [-0.1, -0.05) is 20.8 Å². The summed E-state index contributed by atoms with van der Waals surface area (Å²) in [4.78, 5) is 0. The molecule has 0 radical (unpaired) electrons. The molecular formula is C11H23NOS. The van der Waals surface area contributed by atoms with Crippen LogP contribution in [0.3, 0.4) is 0 Å². The van der Waals surface area contributed by atoms with Gasteiger partial charge in [-0.15, -0.1) is 0 Å². The molecule has 84 valence electrons. The predicted octanol–water partition coefficient (Wildman–Crippen LogP) is 2.29. The van der Waals surface area contributed by atoms with Gasteiger partial charge in [0.2, 0.25) is 0 Å². The molecule has 3 heteroatoms. The zero-order chi connectivity index (χ0) is 10.4. The predicted molar refractivity (Wildman–Crippen MR) is 64.1 cm³/mol. The Labute approximate surface area is 92.2 Å². The van der Waals surface area contributed by atoms with Crippen LogP contribution in [0.2, 0.25) is 0 Å². The zero-order valence-corrected chi connectivity index (χ0v) is 10.5. The third-order valence-corrected chi connectivity index (χ3v) is 3.57. The van der Waals surface area contributed by atoms with Gasteiger partial charge in [-0.05, 0) is 12.8 Å². The lowest BCUT2D eigenvalue weighted by atomic mass is 10.1. The third-order valence-electron chi connectivity index (χ3n) is 2.29. The van der Waals surface area contributed by atoms with Crippen LogP contribution < -0.4 is 5.32 Å². The molecule has 0 aromatic rings. The fourth-order valence-electron chi connectivity index (χ4n) is 1.52. The normalized spacial score (nSPS) is 19.9. The Morgan fingerprint density at radius 1 is 1.29 bits per heavy atom. The molecule has 0 aliphatic carbocycles. The number of hydrogen-bond acceptors (Lipinski definition) is 3. The van der Waals surface area contributed by atoms with E-state index in [1.807, 2.05) is 11.8 Å². The van der Waals surface area contributed by atoms with Crippen LogP contribution in [0, 0.1) is 0 Å². The second kappa shape index (κ2) is 5.99. The minimum Gasteiger partial charge on any atom is -0.381 e. The molecule has 1 N–H and O–H groups in total. The molecule has 0 aromatic carbocycles. The van der Waals surface area contributed by atoms with E-state index in [2.05, 4.69) is 26.1 Å². The van der Waals surface area contributed by atoms with Gasteiger partial charge < -0.3 is 10.1 Å². The number of thioether (sulfide) groups is 1. The summed E-state index contributed by atoms with van der Waals surface area (Å²) in [5.74, 6) is 1.21. The molecule has 2 nitrogen and oxygen atoms in total. The fraction of sp³-hybridized carbons (Fsp3) is 1.00. The molecule has 1 fully saturated rings. The van der Waals surface area contributed by atoms with Gasteiger partial charge in [-0.3, -0.25) is 0 Å². The Hall–Kier alpha value is 0.270. The van der Waals surface area contributed by atoms with Crippen LogP contribution in [-0.4, -0.2) is 36.3 Å². The van der Waals surface area contributed by atoms with Gasteiger partial charge in [0.25, 0.3) is 0 Å². The number of nitrogens with one attached hydrogen (secondary N) is 1. The molecule has 1 saturated heterocycles. The van der Waals surface area contributed by atoms with Crippen LogP contribution in [0.25, 0.3) is 0 Å². The minimum atomic E-state index is 0.400. The second-order valence-electron chi connectivity index (χ2n) is 4.80. The van der Waals surface area contributed by atoms with E-state index in [-0.39, 0.29) is 0 Å². The van der Waals surface area contributed by atoms with Gasteiger partial charge in [-0.25, -0.2) is 0 Å². The van der Waals surface area contributed by atoms with E-state index < -0.39 is 0 Å². The maximum absolute atomic E-state index is 5.32. The summed E-state index contributed by atoms with van der Waals surface area (Å²) in [7, 11) is 0. The summed E-state index contributed by atoms with van der Waals surface area (Å²) in [6.45, 7) is 9.81. The van der Waals surface area contributed by atoms with Crippen molar-refractivity contribution in [2.75, 3.05) is 25.5 Å². The van der Waals surface area contributed by atoms with E-state index in [9.17, 15) is 0 Å². The highest BCUT2D eigenvalue weighted by Gasteiger charge is 2.13. The van der Waals surface area contributed by atoms with Crippen molar-refractivity contribution >= 4 is 11.8 Å². The van der Waals surface area contributed by atoms with Crippen LogP contribution in [0.4, 0.5) is 0 Å². The Morgan fingerprint density at radius 2 is 1.93 bits per heavy atom. The first-order chi connectivity index (χ1) is 6.58. The van der Waals surface area contributed by atoms with Crippen molar-refractivity contribution in [3.63, 3.8) is 0 Å². The highest BCUT2D eigenvalue weighted by Crippen LogP contribution is 2.22. The van der Waals surface area contributed by atoms with Crippen LogP contribution in [0.15, 0.2) is 0 Å². The van der Waals surface area contributed by atoms with Crippen molar-refractivity contribution in [2.45, 2.75) is 44.4 Å². The van der Waals surface area contributed by atoms with E-state index in [0.717, 1.165) is 19.8 Å². The maximum Gasteiger partial charge on any atom is 0.0480 e. The monoisotopic (exact) mass is 217 g/mol. The maximum atomic E-state index is 5.32. The molecule has 0 unspecified atom stereocenters. The first-order valence-corrected chi connectivity index (χ1v) is 6.51. The highest BCUT2D eigenvalue weighted by molar-refractivity contribution is 8.00. The average Bonchev–Trinajstić information content (AvgIpc) is 2.13. The lowest BCUT2D eigenvalue weighted by Crippen LogP contribution is -2.36. The van der Waals surface area contributed by atoms with Crippen molar-refractivity contribution in [3.05, 3.63) is 0 Å². The zero-order valence-electron chi connectivity index (χ0n) is 9.64. The summed E-state index contributed by atoms with van der Waals surface area (Å²) < 4.78 is 5.72. The standard InChI is InChI=1S/C11H23NOS/c1-11(2,3)14-9-6-12-10-4-7-13-8-5-10/h10,12H,4-9H2,1-3H3. The lowest BCUT2D eigenvalue weighted by molar-refractivity contribution is 0.0786.